The van der Waals surface area contributed by atoms with Gasteiger partial charge in [0.25, 0.3) is 5.56 Å². The van der Waals surface area contributed by atoms with E-state index in [1.165, 1.54) is 15.6 Å². The van der Waals surface area contributed by atoms with Crippen LogP contribution in [0.15, 0.2) is 45.7 Å². The summed E-state index contributed by atoms with van der Waals surface area (Å²) in [6.07, 6.45) is 4.48. The Kier molecular flexibility index (Phi) is 3.57. The molecule has 5 rings (SSSR count). The van der Waals surface area contributed by atoms with Crippen LogP contribution < -0.4 is 5.56 Å². The summed E-state index contributed by atoms with van der Waals surface area (Å²) in [5.74, 6) is 0. The minimum absolute atomic E-state index is 0.0261. The average molecular weight is 387 g/mol. The Morgan fingerprint density at radius 2 is 2.00 bits per heavy atom. The van der Waals surface area contributed by atoms with Crippen molar-refractivity contribution in [2.75, 3.05) is 6.54 Å². The Morgan fingerprint density at radius 1 is 1.15 bits per heavy atom. The van der Waals surface area contributed by atoms with E-state index >= 15 is 0 Å². The van der Waals surface area contributed by atoms with E-state index in [4.69, 9.17) is 0 Å². The second kappa shape index (κ2) is 5.73. The van der Waals surface area contributed by atoms with Gasteiger partial charge >= 0.3 is 0 Å². The van der Waals surface area contributed by atoms with E-state index in [1.54, 1.807) is 34.3 Å². The van der Waals surface area contributed by atoms with Crippen molar-refractivity contribution in [3.05, 3.63) is 57.5 Å². The minimum atomic E-state index is -3.58. The highest BCUT2D eigenvalue weighted by Crippen LogP contribution is 2.34. The lowest BCUT2D eigenvalue weighted by Crippen LogP contribution is -2.37. The molecule has 0 saturated heterocycles. The first kappa shape index (κ1) is 16.2. The monoisotopic (exact) mass is 387 g/mol. The van der Waals surface area contributed by atoms with E-state index in [0.29, 0.717) is 24.4 Å². The minimum Gasteiger partial charge on any atom is -0.312 e. The van der Waals surface area contributed by atoms with E-state index in [-0.39, 0.29) is 11.6 Å². The fraction of sp³-hybridized carbons (Fsp3) is 0.333. The Labute approximate surface area is 154 Å². The Bertz CT molecular complexity index is 1180. The molecular weight excluding hydrogens is 370 g/mol. The molecule has 0 amide bonds. The normalized spacial score (nSPS) is 18.2. The van der Waals surface area contributed by atoms with Crippen LogP contribution in [0.1, 0.15) is 30.0 Å². The van der Waals surface area contributed by atoms with Gasteiger partial charge in [0.2, 0.25) is 10.0 Å². The molecular formula is C18H17N3O3S2. The number of benzene rings is 1. The van der Waals surface area contributed by atoms with Crippen LogP contribution >= 0.6 is 11.3 Å². The summed E-state index contributed by atoms with van der Waals surface area (Å²) in [5.41, 5.74) is 4.46. The van der Waals surface area contributed by atoms with Gasteiger partial charge in [-0.05, 0) is 48.6 Å². The molecule has 1 fully saturated rings. The predicted molar refractivity (Wildman–Crippen MR) is 99.9 cm³/mol. The number of sulfonamides is 1. The molecule has 3 aromatic rings. The lowest BCUT2D eigenvalue weighted by Gasteiger charge is -2.28. The largest absolute Gasteiger partial charge is 0.312 e. The first-order valence-electron chi connectivity index (χ1n) is 8.60. The molecule has 0 atom stereocenters. The number of fused-ring (bicyclic) bond motifs is 2. The van der Waals surface area contributed by atoms with Crippen molar-refractivity contribution >= 4 is 31.6 Å². The summed E-state index contributed by atoms with van der Waals surface area (Å²) in [5, 5.41) is 0. The molecule has 2 aromatic heterocycles. The van der Waals surface area contributed by atoms with Crippen molar-refractivity contribution < 1.29 is 8.42 Å². The third-order valence-corrected chi connectivity index (χ3v) is 7.75. The predicted octanol–water partition coefficient (Wildman–Crippen LogP) is 2.54. The number of nitrogens with zero attached hydrogens (tertiary/aromatic N) is 3. The third-order valence-electron chi connectivity index (χ3n) is 5.12. The highest BCUT2D eigenvalue weighted by molar-refractivity contribution is 7.89. The fourth-order valence-corrected chi connectivity index (χ4v) is 5.74. The molecule has 6 nitrogen and oxygen atoms in total. The molecule has 1 aromatic carbocycles. The van der Waals surface area contributed by atoms with Crippen LogP contribution in [0, 0.1) is 0 Å². The molecule has 26 heavy (non-hydrogen) atoms. The van der Waals surface area contributed by atoms with Crippen molar-refractivity contribution in [3.63, 3.8) is 0 Å². The average Bonchev–Trinajstić information content (AvgIpc) is 3.37. The maximum Gasteiger partial charge on any atom is 0.251 e. The summed E-state index contributed by atoms with van der Waals surface area (Å²) in [6, 6.07) is 7.04. The van der Waals surface area contributed by atoms with Gasteiger partial charge in [-0.1, -0.05) is 0 Å². The topological polar surface area (TPSA) is 72.3 Å². The van der Waals surface area contributed by atoms with Crippen LogP contribution in [0.5, 0.6) is 0 Å². The van der Waals surface area contributed by atoms with Crippen molar-refractivity contribution in [2.24, 2.45) is 0 Å². The standard InChI is InChI=1S/C18H17N3O3S2/c22-18-7-12-5-6-20(9-13(12)10-21(18)14-1-2-14)26(23,24)15-3-4-16-17(8-15)25-11-19-16/h3-4,7-8,10-11,14H,1-2,5-6,9H2. The van der Waals surface area contributed by atoms with Crippen molar-refractivity contribution in [3.8, 4) is 0 Å². The number of hydrogen-bond donors (Lipinski definition) is 0. The molecule has 0 radical (unpaired) electrons. The van der Waals surface area contributed by atoms with Gasteiger partial charge in [0.15, 0.2) is 0 Å². The summed E-state index contributed by atoms with van der Waals surface area (Å²) in [6.45, 7) is 0.703. The van der Waals surface area contributed by atoms with Crippen LogP contribution in [-0.2, 0) is 23.0 Å². The Balaban J connectivity index is 1.51. The number of rotatable bonds is 3. The van der Waals surface area contributed by atoms with Gasteiger partial charge < -0.3 is 4.57 Å². The van der Waals surface area contributed by atoms with E-state index in [9.17, 15) is 13.2 Å². The summed E-state index contributed by atoms with van der Waals surface area (Å²) in [7, 11) is -3.58. The zero-order chi connectivity index (χ0) is 17.9. The zero-order valence-corrected chi connectivity index (χ0v) is 15.6. The lowest BCUT2D eigenvalue weighted by molar-refractivity contribution is 0.388. The lowest BCUT2D eigenvalue weighted by atomic mass is 10.0. The second-order valence-corrected chi connectivity index (χ2v) is 9.70. The summed E-state index contributed by atoms with van der Waals surface area (Å²) >= 11 is 1.43. The van der Waals surface area contributed by atoms with Gasteiger partial charge in [0.05, 0.1) is 20.6 Å². The highest BCUT2D eigenvalue weighted by atomic mass is 32.2. The molecule has 0 N–H and O–H groups in total. The Hall–Kier alpha value is -2.03. The van der Waals surface area contributed by atoms with Crippen LogP contribution in [-0.4, -0.2) is 28.8 Å². The number of hydrogen-bond acceptors (Lipinski definition) is 5. The Morgan fingerprint density at radius 3 is 2.81 bits per heavy atom. The molecule has 1 aliphatic carbocycles. The summed E-state index contributed by atoms with van der Waals surface area (Å²) in [4.78, 5) is 16.7. The first-order chi connectivity index (χ1) is 12.5. The number of thiazole rings is 1. The van der Waals surface area contributed by atoms with Gasteiger partial charge in [-0.25, -0.2) is 13.4 Å². The van der Waals surface area contributed by atoms with E-state index in [0.717, 1.165) is 34.2 Å². The van der Waals surface area contributed by atoms with Gasteiger partial charge in [-0.3, -0.25) is 4.79 Å². The van der Waals surface area contributed by atoms with E-state index < -0.39 is 10.0 Å². The maximum absolute atomic E-state index is 13.1. The van der Waals surface area contributed by atoms with Crippen molar-refractivity contribution in [2.45, 2.75) is 36.7 Å². The molecule has 8 heteroatoms. The first-order valence-corrected chi connectivity index (χ1v) is 10.9. The number of pyridine rings is 1. The second-order valence-electron chi connectivity index (χ2n) is 6.87. The van der Waals surface area contributed by atoms with E-state index in [1.807, 2.05) is 6.20 Å². The SMILES string of the molecule is O=c1cc2c(cn1C1CC1)CN(S(=O)(=O)c1ccc3ncsc3c1)CC2. The quantitative estimate of drug-likeness (QED) is 0.692. The molecule has 3 heterocycles. The molecule has 1 saturated carbocycles. The third kappa shape index (κ3) is 2.60. The van der Waals surface area contributed by atoms with Crippen LogP contribution in [0.25, 0.3) is 10.2 Å². The highest BCUT2D eigenvalue weighted by Gasteiger charge is 2.31. The summed E-state index contributed by atoms with van der Waals surface area (Å²) < 4.78 is 30.3. The fourth-order valence-electron chi connectivity index (χ4n) is 3.51. The van der Waals surface area contributed by atoms with Crippen LogP contribution in [0.2, 0.25) is 0 Å². The van der Waals surface area contributed by atoms with Crippen molar-refractivity contribution in [1.82, 2.24) is 13.9 Å². The molecule has 1 aliphatic heterocycles. The van der Waals surface area contributed by atoms with Gasteiger partial charge in [-0.15, -0.1) is 11.3 Å². The van der Waals surface area contributed by atoms with Gasteiger partial charge in [0.1, 0.15) is 0 Å². The smallest absolute Gasteiger partial charge is 0.251 e. The van der Waals surface area contributed by atoms with Gasteiger partial charge in [-0.2, -0.15) is 4.31 Å². The maximum atomic E-state index is 13.1. The van der Waals surface area contributed by atoms with E-state index in [2.05, 4.69) is 4.98 Å². The molecule has 134 valence electrons. The van der Waals surface area contributed by atoms with Crippen LogP contribution in [0.4, 0.5) is 0 Å². The number of aromatic nitrogens is 2. The molecule has 0 spiro atoms. The molecule has 0 unspecified atom stereocenters. The van der Waals surface area contributed by atoms with Gasteiger partial charge in [0, 0.05) is 31.4 Å². The molecule has 2 aliphatic rings. The van der Waals surface area contributed by atoms with Crippen LogP contribution in [0.3, 0.4) is 0 Å². The van der Waals surface area contributed by atoms with Crippen molar-refractivity contribution in [1.29, 1.82) is 0 Å². The zero-order valence-electron chi connectivity index (χ0n) is 14.0. The molecule has 0 bridgehead atoms.